The SMILES string of the molecule is C[C@@H](Cn1cnc2c(N=C(N)N)ncnc21)OCP(=O)(O)O. The first-order valence-electron chi connectivity index (χ1n) is 6.18. The average molecular weight is 329 g/mol. The Hall–Kier alpha value is -2.07. The van der Waals surface area contributed by atoms with Crippen LogP contribution in [0.5, 0.6) is 0 Å². The molecule has 0 saturated heterocycles. The molecule has 0 aliphatic carbocycles. The number of imidazole rings is 1. The first-order chi connectivity index (χ1) is 10.3. The molecule has 0 aliphatic rings. The average Bonchev–Trinajstić information content (AvgIpc) is 2.80. The van der Waals surface area contributed by atoms with Crippen LogP contribution in [0.3, 0.4) is 0 Å². The Bertz CT molecular complexity index is 736. The first kappa shape index (κ1) is 16.3. The zero-order valence-corrected chi connectivity index (χ0v) is 12.6. The summed E-state index contributed by atoms with van der Waals surface area (Å²) in [6, 6.07) is 0. The van der Waals surface area contributed by atoms with Crippen LogP contribution in [0.25, 0.3) is 11.2 Å². The fourth-order valence-corrected chi connectivity index (χ4v) is 2.21. The van der Waals surface area contributed by atoms with Crippen molar-refractivity contribution in [3.63, 3.8) is 0 Å². The van der Waals surface area contributed by atoms with Crippen molar-refractivity contribution < 1.29 is 19.1 Å². The number of ether oxygens (including phenoxy) is 1. The van der Waals surface area contributed by atoms with E-state index in [9.17, 15) is 4.57 Å². The summed E-state index contributed by atoms with van der Waals surface area (Å²) in [5.74, 6) is 0.0976. The topological polar surface area (TPSA) is 175 Å². The number of guanidine groups is 1. The molecule has 11 nitrogen and oxygen atoms in total. The van der Waals surface area contributed by atoms with Crippen LogP contribution in [0.4, 0.5) is 5.82 Å². The fourth-order valence-electron chi connectivity index (χ4n) is 1.76. The van der Waals surface area contributed by atoms with Crippen molar-refractivity contribution in [2.45, 2.75) is 19.6 Å². The van der Waals surface area contributed by atoms with E-state index in [1.807, 2.05) is 0 Å². The van der Waals surface area contributed by atoms with E-state index in [2.05, 4.69) is 19.9 Å². The summed E-state index contributed by atoms with van der Waals surface area (Å²) < 4.78 is 17.5. The lowest BCUT2D eigenvalue weighted by molar-refractivity contribution is 0.0764. The van der Waals surface area contributed by atoms with E-state index in [1.54, 1.807) is 11.5 Å². The normalized spacial score (nSPS) is 13.2. The van der Waals surface area contributed by atoms with Crippen LogP contribution in [-0.4, -0.2) is 47.7 Å². The summed E-state index contributed by atoms with van der Waals surface area (Å²) >= 11 is 0. The van der Waals surface area contributed by atoms with Gasteiger partial charge in [0.05, 0.1) is 19.0 Å². The molecule has 0 fully saturated rings. The number of aromatic nitrogens is 4. The minimum Gasteiger partial charge on any atom is -0.370 e. The number of hydrogen-bond acceptors (Lipinski definition) is 6. The Balaban J connectivity index is 2.19. The second-order valence-electron chi connectivity index (χ2n) is 4.57. The van der Waals surface area contributed by atoms with Crippen molar-refractivity contribution in [2.75, 3.05) is 6.35 Å². The Morgan fingerprint density at radius 2 is 2.18 bits per heavy atom. The summed E-state index contributed by atoms with van der Waals surface area (Å²) in [5, 5.41) is 0. The van der Waals surface area contributed by atoms with Gasteiger partial charge in [0.15, 0.2) is 22.9 Å². The van der Waals surface area contributed by atoms with Crippen molar-refractivity contribution in [1.82, 2.24) is 19.5 Å². The quantitative estimate of drug-likeness (QED) is 0.302. The van der Waals surface area contributed by atoms with Gasteiger partial charge in [-0.1, -0.05) is 0 Å². The van der Waals surface area contributed by atoms with E-state index in [0.717, 1.165) is 0 Å². The Morgan fingerprint density at radius 1 is 1.45 bits per heavy atom. The third-order valence-corrected chi connectivity index (χ3v) is 3.08. The van der Waals surface area contributed by atoms with Gasteiger partial charge in [-0.05, 0) is 6.92 Å². The Kier molecular flexibility index (Phi) is 4.71. The Labute approximate surface area is 125 Å². The molecule has 0 aliphatic heterocycles. The molecule has 0 radical (unpaired) electrons. The molecule has 2 aromatic heterocycles. The second kappa shape index (κ2) is 6.36. The van der Waals surface area contributed by atoms with Gasteiger partial charge in [-0.3, -0.25) is 4.57 Å². The third kappa shape index (κ3) is 4.21. The number of nitrogens with zero attached hydrogens (tertiary/aromatic N) is 5. The summed E-state index contributed by atoms with van der Waals surface area (Å²) in [7, 11) is -4.20. The van der Waals surface area contributed by atoms with Crippen LogP contribution in [-0.2, 0) is 15.8 Å². The number of aliphatic imine (C=N–C) groups is 1. The number of rotatable bonds is 6. The highest BCUT2D eigenvalue weighted by Crippen LogP contribution is 2.34. The first-order valence-corrected chi connectivity index (χ1v) is 7.97. The van der Waals surface area contributed by atoms with Crippen LogP contribution in [0.15, 0.2) is 17.6 Å². The largest absolute Gasteiger partial charge is 0.370 e. The van der Waals surface area contributed by atoms with Gasteiger partial charge in [0.2, 0.25) is 0 Å². The van der Waals surface area contributed by atoms with E-state index in [-0.39, 0.29) is 11.8 Å². The van der Waals surface area contributed by atoms with Gasteiger partial charge in [0, 0.05) is 0 Å². The molecule has 0 spiro atoms. The number of fused-ring (bicyclic) bond motifs is 1. The zero-order chi connectivity index (χ0) is 16.3. The third-order valence-electron chi connectivity index (χ3n) is 2.60. The van der Waals surface area contributed by atoms with Crippen LogP contribution < -0.4 is 11.5 Å². The van der Waals surface area contributed by atoms with E-state index in [4.69, 9.17) is 26.0 Å². The predicted molar refractivity (Wildman–Crippen MR) is 78.3 cm³/mol. The van der Waals surface area contributed by atoms with Crippen LogP contribution in [0.2, 0.25) is 0 Å². The van der Waals surface area contributed by atoms with E-state index in [1.165, 1.54) is 12.7 Å². The van der Waals surface area contributed by atoms with Crippen LogP contribution in [0, 0.1) is 0 Å². The Morgan fingerprint density at radius 3 is 2.82 bits per heavy atom. The highest BCUT2D eigenvalue weighted by molar-refractivity contribution is 7.51. The molecule has 2 rings (SSSR count). The molecule has 0 unspecified atom stereocenters. The zero-order valence-electron chi connectivity index (χ0n) is 11.7. The smallest absolute Gasteiger partial charge is 0.350 e. The highest BCUT2D eigenvalue weighted by Gasteiger charge is 2.17. The number of nitrogens with two attached hydrogens (primary N) is 2. The van der Waals surface area contributed by atoms with Gasteiger partial charge in [-0.15, -0.1) is 0 Å². The van der Waals surface area contributed by atoms with Gasteiger partial charge in [-0.25, -0.2) is 15.0 Å². The standard InChI is InChI=1S/C10H16N7O4P/c1-6(21-5-22(18,19)20)2-17-4-15-7-8(16-10(11)12)13-3-14-9(7)17/h3-4,6H,2,5H2,1H3,(H2,18,19,20)(H4,11,12,13,14,16)/t6-/m0/s1. The fraction of sp³-hybridized carbons (Fsp3) is 0.400. The van der Waals surface area contributed by atoms with Gasteiger partial charge in [0.25, 0.3) is 0 Å². The molecule has 2 aromatic rings. The lowest BCUT2D eigenvalue weighted by Gasteiger charge is -2.14. The van der Waals surface area contributed by atoms with Crippen molar-refractivity contribution in [3.8, 4) is 0 Å². The molecule has 22 heavy (non-hydrogen) atoms. The van der Waals surface area contributed by atoms with Gasteiger partial charge in [-0.2, -0.15) is 4.99 Å². The van der Waals surface area contributed by atoms with Gasteiger partial charge in [0.1, 0.15) is 12.7 Å². The predicted octanol–water partition coefficient (Wildman–Crippen LogP) is -0.728. The lowest BCUT2D eigenvalue weighted by atomic mass is 10.4. The highest BCUT2D eigenvalue weighted by atomic mass is 31.2. The maximum absolute atomic E-state index is 10.8. The van der Waals surface area contributed by atoms with Crippen molar-refractivity contribution >= 4 is 30.5 Å². The molecule has 12 heteroatoms. The van der Waals surface area contributed by atoms with Crippen molar-refractivity contribution in [1.29, 1.82) is 0 Å². The molecular weight excluding hydrogens is 313 g/mol. The summed E-state index contributed by atoms with van der Waals surface area (Å²) in [5.41, 5.74) is 11.5. The van der Waals surface area contributed by atoms with Crippen LogP contribution in [0.1, 0.15) is 6.92 Å². The molecule has 1 atom stereocenters. The maximum Gasteiger partial charge on any atom is 0.350 e. The lowest BCUT2D eigenvalue weighted by Crippen LogP contribution is -2.22. The molecule has 0 bridgehead atoms. The molecule has 0 aromatic carbocycles. The van der Waals surface area contributed by atoms with E-state index < -0.39 is 20.0 Å². The summed E-state index contributed by atoms with van der Waals surface area (Å²) in [6.45, 7) is 1.98. The molecule has 0 saturated carbocycles. The van der Waals surface area contributed by atoms with E-state index in [0.29, 0.717) is 17.7 Å². The maximum atomic E-state index is 10.8. The molecule has 120 valence electrons. The number of hydrogen-bond donors (Lipinski definition) is 4. The molecule has 6 N–H and O–H groups in total. The van der Waals surface area contributed by atoms with Crippen LogP contribution >= 0.6 is 7.60 Å². The summed E-state index contributed by atoms with van der Waals surface area (Å²) in [6.07, 6.45) is 1.70. The minimum absolute atomic E-state index is 0.145. The van der Waals surface area contributed by atoms with Crippen molar-refractivity contribution in [3.05, 3.63) is 12.7 Å². The minimum atomic E-state index is -4.20. The molecular formula is C10H16N7O4P. The van der Waals surface area contributed by atoms with E-state index >= 15 is 0 Å². The summed E-state index contributed by atoms with van der Waals surface area (Å²) in [4.78, 5) is 33.6. The van der Waals surface area contributed by atoms with Gasteiger partial charge >= 0.3 is 7.60 Å². The molecule has 0 amide bonds. The van der Waals surface area contributed by atoms with Gasteiger partial charge < -0.3 is 30.6 Å². The van der Waals surface area contributed by atoms with Crippen molar-refractivity contribution in [2.24, 2.45) is 16.5 Å². The second-order valence-corrected chi connectivity index (χ2v) is 6.16. The molecule has 2 heterocycles. The monoisotopic (exact) mass is 329 g/mol.